The van der Waals surface area contributed by atoms with Gasteiger partial charge in [-0.2, -0.15) is 0 Å². The maximum atomic E-state index is 6.04. The molecule has 1 atom stereocenters. The molecule has 29 heavy (non-hydrogen) atoms. The van der Waals surface area contributed by atoms with Gasteiger partial charge in [-0.3, -0.25) is 4.99 Å². The van der Waals surface area contributed by atoms with E-state index in [0.29, 0.717) is 12.6 Å². The number of para-hydroxylation sites is 2. The topological polar surface area (TPSA) is 48.9 Å². The monoisotopic (exact) mass is 508 g/mol. The van der Waals surface area contributed by atoms with Gasteiger partial charge in [0.2, 0.25) is 0 Å². The minimum Gasteiger partial charge on any atom is -0.489 e. The Bertz CT molecular complexity index is 760. The number of hydrogen-bond acceptors (Lipinski definition) is 3. The van der Waals surface area contributed by atoms with Gasteiger partial charge in [0.1, 0.15) is 11.9 Å². The number of hydrogen-bond donors (Lipinski definition) is 2. The number of nitrogens with one attached hydrogen (secondary N) is 2. The van der Waals surface area contributed by atoms with E-state index in [9.17, 15) is 0 Å². The summed E-state index contributed by atoms with van der Waals surface area (Å²) in [5.41, 5.74) is 2.47. The van der Waals surface area contributed by atoms with Crippen molar-refractivity contribution in [2.45, 2.75) is 38.8 Å². The fourth-order valence-corrected chi connectivity index (χ4v) is 3.50. The molecule has 5 nitrogen and oxygen atoms in total. The van der Waals surface area contributed by atoms with E-state index >= 15 is 0 Å². The first kappa shape index (κ1) is 23.3. The van der Waals surface area contributed by atoms with Crippen molar-refractivity contribution in [3.8, 4) is 5.75 Å². The van der Waals surface area contributed by atoms with Crippen molar-refractivity contribution < 1.29 is 4.74 Å². The van der Waals surface area contributed by atoms with E-state index in [0.717, 1.165) is 43.2 Å². The zero-order valence-electron chi connectivity index (χ0n) is 17.6. The highest BCUT2D eigenvalue weighted by molar-refractivity contribution is 14.0. The predicted molar refractivity (Wildman–Crippen MR) is 133 cm³/mol. The average Bonchev–Trinajstić information content (AvgIpc) is 2.74. The minimum atomic E-state index is 0. The molecule has 0 spiro atoms. The molecule has 2 aromatic rings. The fourth-order valence-electron chi connectivity index (χ4n) is 3.50. The number of anilines is 1. The van der Waals surface area contributed by atoms with Crippen molar-refractivity contribution in [1.29, 1.82) is 0 Å². The molecule has 1 aliphatic heterocycles. The molecule has 1 heterocycles. The molecule has 0 radical (unpaired) electrons. The number of guanidine groups is 1. The van der Waals surface area contributed by atoms with Crippen molar-refractivity contribution in [2.24, 2.45) is 4.99 Å². The van der Waals surface area contributed by atoms with Gasteiger partial charge < -0.3 is 20.3 Å². The van der Waals surface area contributed by atoms with E-state index in [2.05, 4.69) is 70.8 Å². The number of rotatable bonds is 6. The summed E-state index contributed by atoms with van der Waals surface area (Å²) in [6.07, 6.45) is 2.26. The molecule has 0 aliphatic carbocycles. The summed E-state index contributed by atoms with van der Waals surface area (Å²) >= 11 is 0. The summed E-state index contributed by atoms with van der Waals surface area (Å²) in [5, 5.41) is 6.96. The van der Waals surface area contributed by atoms with Crippen LogP contribution in [-0.4, -0.2) is 44.8 Å². The van der Waals surface area contributed by atoms with Gasteiger partial charge in [-0.25, -0.2) is 0 Å². The molecular weight excluding hydrogens is 475 g/mol. The maximum absolute atomic E-state index is 6.04. The Labute approximate surface area is 192 Å². The Kier molecular flexibility index (Phi) is 9.57. The number of piperidine rings is 1. The van der Waals surface area contributed by atoms with Crippen LogP contribution in [0.1, 0.15) is 25.3 Å². The van der Waals surface area contributed by atoms with Crippen LogP contribution in [0.25, 0.3) is 0 Å². The number of nitrogens with zero attached hydrogens (tertiary/aromatic N) is 2. The summed E-state index contributed by atoms with van der Waals surface area (Å²) in [4.78, 5) is 6.83. The molecule has 2 N–H and O–H groups in total. The lowest BCUT2D eigenvalue weighted by molar-refractivity contribution is 0.222. The molecule has 158 valence electrons. The van der Waals surface area contributed by atoms with E-state index in [1.165, 1.54) is 5.69 Å². The molecule has 1 aliphatic rings. The highest BCUT2D eigenvalue weighted by Gasteiger charge is 2.20. The SMILES string of the molecule is CN=C(NCC(C)Oc1ccccc1C)NC1CCN(c2ccccc2)CC1.I. The van der Waals surface area contributed by atoms with Crippen LogP contribution in [-0.2, 0) is 0 Å². The average molecular weight is 508 g/mol. The lowest BCUT2D eigenvalue weighted by atomic mass is 10.0. The molecule has 6 heteroatoms. The third-order valence-corrected chi connectivity index (χ3v) is 5.16. The molecule has 0 aromatic heterocycles. The van der Waals surface area contributed by atoms with Gasteiger partial charge in [0.05, 0.1) is 6.54 Å². The third-order valence-electron chi connectivity index (χ3n) is 5.16. The van der Waals surface area contributed by atoms with Gasteiger partial charge in [0.15, 0.2) is 5.96 Å². The zero-order chi connectivity index (χ0) is 19.8. The van der Waals surface area contributed by atoms with Crippen molar-refractivity contribution in [3.63, 3.8) is 0 Å². The van der Waals surface area contributed by atoms with Gasteiger partial charge >= 0.3 is 0 Å². The number of aliphatic imine (C=N–C) groups is 1. The van der Waals surface area contributed by atoms with Crippen LogP contribution in [0.5, 0.6) is 5.75 Å². The standard InChI is InChI=1S/C23H32N4O.HI/c1-18-9-7-8-12-22(18)28-19(2)17-25-23(24-3)26-20-13-15-27(16-14-20)21-10-5-4-6-11-21;/h4-12,19-20H,13-17H2,1-3H3,(H2,24,25,26);1H. The van der Waals surface area contributed by atoms with E-state index in [1.807, 2.05) is 25.2 Å². The van der Waals surface area contributed by atoms with Crippen molar-refractivity contribution in [2.75, 3.05) is 31.6 Å². The second-order valence-corrected chi connectivity index (χ2v) is 7.39. The number of halogens is 1. The van der Waals surface area contributed by atoms with Crippen molar-refractivity contribution in [3.05, 3.63) is 60.2 Å². The van der Waals surface area contributed by atoms with Gasteiger partial charge in [-0.1, -0.05) is 36.4 Å². The molecular formula is C23H33IN4O. The van der Waals surface area contributed by atoms with Gasteiger partial charge in [0, 0.05) is 31.9 Å². The summed E-state index contributed by atoms with van der Waals surface area (Å²) < 4.78 is 6.04. The van der Waals surface area contributed by atoms with Crippen LogP contribution in [0.15, 0.2) is 59.6 Å². The van der Waals surface area contributed by atoms with Gasteiger partial charge in [0.25, 0.3) is 0 Å². The van der Waals surface area contributed by atoms with E-state index < -0.39 is 0 Å². The Morgan fingerprint density at radius 1 is 1.10 bits per heavy atom. The minimum absolute atomic E-state index is 0. The van der Waals surface area contributed by atoms with Crippen molar-refractivity contribution >= 4 is 35.6 Å². The summed E-state index contributed by atoms with van der Waals surface area (Å²) in [6.45, 7) is 6.97. The Balaban J connectivity index is 0.00000300. The quantitative estimate of drug-likeness (QED) is 0.349. The maximum Gasteiger partial charge on any atom is 0.191 e. The predicted octanol–water partition coefficient (Wildman–Crippen LogP) is 4.21. The first-order chi connectivity index (χ1) is 13.7. The van der Waals surface area contributed by atoms with Crippen LogP contribution in [0, 0.1) is 6.92 Å². The van der Waals surface area contributed by atoms with Gasteiger partial charge in [-0.15, -0.1) is 24.0 Å². The van der Waals surface area contributed by atoms with E-state index in [1.54, 1.807) is 0 Å². The first-order valence-corrected chi connectivity index (χ1v) is 10.1. The molecule has 2 aromatic carbocycles. The highest BCUT2D eigenvalue weighted by Crippen LogP contribution is 2.19. The third kappa shape index (κ3) is 7.10. The molecule has 0 bridgehead atoms. The van der Waals surface area contributed by atoms with Crippen LogP contribution >= 0.6 is 24.0 Å². The second kappa shape index (κ2) is 11.9. The molecule has 0 amide bonds. The van der Waals surface area contributed by atoms with E-state index in [4.69, 9.17) is 4.74 Å². The van der Waals surface area contributed by atoms with Crippen LogP contribution in [0.2, 0.25) is 0 Å². The van der Waals surface area contributed by atoms with Crippen molar-refractivity contribution in [1.82, 2.24) is 10.6 Å². The number of aryl methyl sites for hydroxylation is 1. The first-order valence-electron chi connectivity index (χ1n) is 10.1. The van der Waals surface area contributed by atoms with Crippen LogP contribution in [0.4, 0.5) is 5.69 Å². The van der Waals surface area contributed by atoms with Crippen LogP contribution in [0.3, 0.4) is 0 Å². The Morgan fingerprint density at radius 2 is 1.76 bits per heavy atom. The molecule has 3 rings (SSSR count). The lowest BCUT2D eigenvalue weighted by Gasteiger charge is -2.34. The largest absolute Gasteiger partial charge is 0.489 e. The number of benzene rings is 2. The zero-order valence-corrected chi connectivity index (χ0v) is 19.9. The Morgan fingerprint density at radius 3 is 2.41 bits per heavy atom. The smallest absolute Gasteiger partial charge is 0.191 e. The molecule has 1 unspecified atom stereocenters. The van der Waals surface area contributed by atoms with Crippen LogP contribution < -0.4 is 20.3 Å². The van der Waals surface area contributed by atoms with Gasteiger partial charge in [-0.05, 0) is 50.5 Å². The molecule has 1 fully saturated rings. The Hall–Kier alpha value is -1.96. The fraction of sp³-hybridized carbons (Fsp3) is 0.435. The normalized spacial score (nSPS) is 16.0. The summed E-state index contributed by atoms with van der Waals surface area (Å²) in [7, 11) is 1.82. The second-order valence-electron chi connectivity index (χ2n) is 7.39. The number of ether oxygens (including phenoxy) is 1. The molecule has 1 saturated heterocycles. The van der Waals surface area contributed by atoms with E-state index in [-0.39, 0.29) is 30.1 Å². The lowest BCUT2D eigenvalue weighted by Crippen LogP contribution is -2.50. The summed E-state index contributed by atoms with van der Waals surface area (Å²) in [5.74, 6) is 1.78. The summed E-state index contributed by atoms with van der Waals surface area (Å²) in [6, 6.07) is 19.2. The highest BCUT2D eigenvalue weighted by atomic mass is 127. The molecule has 0 saturated carbocycles.